The number of hydrogen-bond acceptors (Lipinski definition) is 7. The van der Waals surface area contributed by atoms with E-state index in [0.29, 0.717) is 13.2 Å². The van der Waals surface area contributed by atoms with Crippen molar-refractivity contribution in [1.82, 2.24) is 9.88 Å². The molecular weight excluding hydrogens is 580 g/mol. The molecule has 9 nitrogen and oxygen atoms in total. The second kappa shape index (κ2) is 12.9. The molecule has 3 fully saturated rings. The second-order valence-electron chi connectivity index (χ2n) is 14.5. The van der Waals surface area contributed by atoms with Gasteiger partial charge in [0.1, 0.15) is 11.9 Å². The number of aliphatic carboxylic acids is 1. The van der Waals surface area contributed by atoms with Crippen LogP contribution in [0.4, 0.5) is 11.5 Å². The topological polar surface area (TPSA) is 104 Å². The van der Waals surface area contributed by atoms with Gasteiger partial charge >= 0.3 is 5.97 Å². The summed E-state index contributed by atoms with van der Waals surface area (Å²) in [6.07, 6.45) is 11.3. The van der Waals surface area contributed by atoms with Gasteiger partial charge < -0.3 is 24.8 Å². The van der Waals surface area contributed by atoms with E-state index in [4.69, 9.17) is 14.5 Å². The van der Waals surface area contributed by atoms with Gasteiger partial charge in [-0.25, -0.2) is 4.98 Å². The van der Waals surface area contributed by atoms with E-state index in [1.807, 2.05) is 24.9 Å². The Morgan fingerprint density at radius 2 is 2.07 bits per heavy atom. The van der Waals surface area contributed by atoms with Gasteiger partial charge in [-0.05, 0) is 132 Å². The fourth-order valence-corrected chi connectivity index (χ4v) is 8.67. The van der Waals surface area contributed by atoms with Crippen molar-refractivity contribution in [3.05, 3.63) is 52.2 Å². The lowest BCUT2D eigenvalue weighted by molar-refractivity contribution is -0.144. The van der Waals surface area contributed by atoms with Crippen molar-refractivity contribution in [1.29, 1.82) is 0 Å². The fourth-order valence-electron chi connectivity index (χ4n) is 8.67. The van der Waals surface area contributed by atoms with E-state index < -0.39 is 17.4 Å². The van der Waals surface area contributed by atoms with Crippen molar-refractivity contribution >= 4 is 23.4 Å². The molecule has 7 rings (SSSR count). The van der Waals surface area contributed by atoms with Crippen LogP contribution >= 0.6 is 0 Å². The van der Waals surface area contributed by atoms with Gasteiger partial charge in [0.25, 0.3) is 0 Å². The Labute approximate surface area is 273 Å². The lowest BCUT2D eigenvalue weighted by atomic mass is 9.87. The van der Waals surface area contributed by atoms with Crippen LogP contribution in [0.2, 0.25) is 0 Å². The number of nitrogens with zero attached hydrogens (tertiary/aromatic N) is 3. The number of benzene rings is 1. The van der Waals surface area contributed by atoms with Gasteiger partial charge in [-0.1, -0.05) is 12.1 Å². The standard InChI is InChI=1S/C37H50N4O5/c1-23-19-30(32-31(20-23)41(36(44)37(32)14-15-37)28-13-18-45-24(2)21-28)33(35(42)43)40(3)27-11-12-29(22-27)46-17-5-4-8-26-10-9-25-7-6-16-38-34(25)39-26/h9-10,19-20,24,27-29,33H,4-8,11-18,21-22H2,1-3H3,(H,38,39)(H,42,43)/t24-,27+,28-,29+,33+/m1/s1. The Morgan fingerprint density at radius 3 is 2.85 bits per heavy atom. The Kier molecular flexibility index (Phi) is 8.85. The van der Waals surface area contributed by atoms with Gasteiger partial charge in [0.15, 0.2) is 0 Å². The highest BCUT2D eigenvalue weighted by Gasteiger charge is 2.62. The first kappa shape index (κ1) is 31.6. The minimum atomic E-state index is -0.855. The van der Waals surface area contributed by atoms with Crippen LogP contribution in [-0.2, 0) is 37.3 Å². The van der Waals surface area contributed by atoms with E-state index >= 15 is 0 Å². The van der Waals surface area contributed by atoms with Crippen molar-refractivity contribution in [2.75, 3.05) is 37.0 Å². The molecule has 0 bridgehead atoms. The molecule has 1 aromatic carbocycles. The molecule has 5 atom stereocenters. The van der Waals surface area contributed by atoms with Crippen LogP contribution in [-0.4, -0.2) is 78.0 Å². The zero-order valence-electron chi connectivity index (χ0n) is 27.7. The molecule has 2 aromatic rings. The van der Waals surface area contributed by atoms with Crippen LogP contribution in [0, 0.1) is 6.92 Å². The smallest absolute Gasteiger partial charge is 0.325 e. The summed E-state index contributed by atoms with van der Waals surface area (Å²) in [6.45, 7) is 6.45. The zero-order chi connectivity index (χ0) is 32.0. The maximum absolute atomic E-state index is 14.1. The number of fused-ring (bicyclic) bond motifs is 3. The van der Waals surface area contributed by atoms with Crippen LogP contribution in [0.5, 0.6) is 0 Å². The summed E-state index contributed by atoms with van der Waals surface area (Å²) in [6, 6.07) is 7.91. The number of pyridine rings is 1. The van der Waals surface area contributed by atoms with E-state index in [1.54, 1.807) is 0 Å². The highest BCUT2D eigenvalue weighted by atomic mass is 16.5. The average Bonchev–Trinajstić information content (AvgIpc) is 3.62. The first-order valence-electron chi connectivity index (χ1n) is 17.6. The van der Waals surface area contributed by atoms with E-state index in [2.05, 4.69) is 35.3 Å². The molecule has 1 saturated heterocycles. The minimum absolute atomic E-state index is 0.0876. The number of likely N-dealkylation sites (N-methyl/N-ethyl adjacent to an activating group) is 1. The SMILES string of the molecule is Cc1cc([C@@H](C(=O)O)N(C)[C@H]2CC[C@H](OCCCCc3ccc4c(n3)NCCC4)C2)c2c(c1)N([C@@H]1CCO[C@H](C)C1)C(=O)C21CC1. The Bertz CT molecular complexity index is 1470. The van der Waals surface area contributed by atoms with E-state index in [9.17, 15) is 14.7 Å². The third-order valence-corrected chi connectivity index (χ3v) is 11.2. The summed E-state index contributed by atoms with van der Waals surface area (Å²) < 4.78 is 12.1. The number of carboxylic acid groups (broad SMARTS) is 1. The number of rotatable bonds is 11. The van der Waals surface area contributed by atoms with Crippen LogP contribution in [0.1, 0.15) is 105 Å². The van der Waals surface area contributed by atoms with Crippen LogP contribution in [0.15, 0.2) is 24.3 Å². The van der Waals surface area contributed by atoms with Gasteiger partial charge in [-0.3, -0.25) is 14.5 Å². The third kappa shape index (κ3) is 5.95. The summed E-state index contributed by atoms with van der Waals surface area (Å²) in [7, 11) is 1.95. The first-order valence-corrected chi connectivity index (χ1v) is 17.6. The summed E-state index contributed by atoms with van der Waals surface area (Å²) in [4.78, 5) is 36.0. The number of aryl methyl sites for hydroxylation is 3. The molecule has 2 saturated carbocycles. The molecule has 248 valence electrons. The number of carbonyl (C=O) groups is 2. The quantitative estimate of drug-likeness (QED) is 0.304. The molecule has 0 radical (unpaired) electrons. The lowest BCUT2D eigenvalue weighted by Crippen LogP contribution is -2.45. The molecular formula is C37H50N4O5. The number of aromatic nitrogens is 1. The molecule has 1 spiro atoms. The van der Waals surface area contributed by atoms with Crippen molar-refractivity contribution in [3.8, 4) is 0 Å². The number of nitrogens with one attached hydrogen (secondary N) is 1. The number of ether oxygens (including phenoxy) is 2. The molecule has 2 N–H and O–H groups in total. The molecule has 9 heteroatoms. The van der Waals surface area contributed by atoms with Gasteiger partial charge in [0, 0.05) is 43.2 Å². The second-order valence-corrected chi connectivity index (χ2v) is 14.5. The maximum atomic E-state index is 14.1. The van der Waals surface area contributed by atoms with Crippen LogP contribution in [0.3, 0.4) is 0 Å². The highest BCUT2D eigenvalue weighted by Crippen LogP contribution is 2.60. The summed E-state index contributed by atoms with van der Waals surface area (Å²) >= 11 is 0. The summed E-state index contributed by atoms with van der Waals surface area (Å²) in [5.74, 6) is 0.363. The molecule has 4 heterocycles. The normalized spacial score (nSPS) is 27.0. The van der Waals surface area contributed by atoms with Crippen LogP contribution in [0.25, 0.3) is 0 Å². The minimum Gasteiger partial charge on any atom is -0.480 e. The van der Waals surface area contributed by atoms with Crippen LogP contribution < -0.4 is 10.2 Å². The monoisotopic (exact) mass is 630 g/mol. The molecule has 2 aliphatic carbocycles. The van der Waals surface area contributed by atoms with Crippen molar-refractivity contribution in [2.45, 2.75) is 127 Å². The van der Waals surface area contributed by atoms with E-state index in [-0.39, 0.29) is 30.2 Å². The third-order valence-electron chi connectivity index (χ3n) is 11.2. The molecule has 1 amide bonds. The maximum Gasteiger partial charge on any atom is 0.325 e. The number of amides is 1. The number of carboxylic acids is 1. The predicted molar refractivity (Wildman–Crippen MR) is 178 cm³/mol. The lowest BCUT2D eigenvalue weighted by Gasteiger charge is -2.35. The highest BCUT2D eigenvalue weighted by molar-refractivity contribution is 6.11. The number of unbranched alkanes of at least 4 members (excludes halogenated alkanes) is 1. The Morgan fingerprint density at radius 1 is 1.22 bits per heavy atom. The number of anilines is 2. The Balaban J connectivity index is 1.000. The van der Waals surface area contributed by atoms with Crippen molar-refractivity contribution < 1.29 is 24.2 Å². The first-order chi connectivity index (χ1) is 22.2. The van der Waals surface area contributed by atoms with Crippen molar-refractivity contribution in [3.63, 3.8) is 0 Å². The summed E-state index contributed by atoms with van der Waals surface area (Å²) in [5.41, 5.74) is 5.59. The van der Waals surface area contributed by atoms with Gasteiger partial charge in [0.05, 0.1) is 17.6 Å². The van der Waals surface area contributed by atoms with E-state index in [1.165, 1.54) is 12.0 Å². The molecule has 5 aliphatic rings. The van der Waals surface area contributed by atoms with Gasteiger partial charge in [-0.15, -0.1) is 0 Å². The predicted octanol–water partition coefficient (Wildman–Crippen LogP) is 5.71. The van der Waals surface area contributed by atoms with Gasteiger partial charge in [0.2, 0.25) is 5.91 Å². The molecule has 0 unspecified atom stereocenters. The molecule has 46 heavy (non-hydrogen) atoms. The average molecular weight is 631 g/mol. The largest absolute Gasteiger partial charge is 0.480 e. The molecule has 1 aromatic heterocycles. The van der Waals surface area contributed by atoms with Gasteiger partial charge in [-0.2, -0.15) is 0 Å². The Hall–Kier alpha value is -3.01. The zero-order valence-corrected chi connectivity index (χ0v) is 27.7. The number of carbonyl (C=O) groups excluding carboxylic acids is 1. The molecule has 3 aliphatic heterocycles. The fraction of sp³-hybridized carbons (Fsp3) is 0.649. The van der Waals surface area contributed by atoms with Crippen molar-refractivity contribution in [2.24, 2.45) is 0 Å². The summed E-state index contributed by atoms with van der Waals surface area (Å²) in [5, 5.41) is 14.1. The number of hydrogen-bond donors (Lipinski definition) is 2. The van der Waals surface area contributed by atoms with E-state index in [0.717, 1.165) is 111 Å².